The number of piperidine rings is 1. The van der Waals surface area contributed by atoms with E-state index in [1.165, 1.54) is 0 Å². The molecule has 5 nitrogen and oxygen atoms in total. The smallest absolute Gasteiger partial charge is 0.296 e. The second-order valence-corrected chi connectivity index (χ2v) is 5.40. The molecule has 0 bridgehead atoms. The molecule has 1 saturated heterocycles. The Morgan fingerprint density at radius 3 is 2.75 bits per heavy atom. The molecule has 0 unspecified atom stereocenters. The van der Waals surface area contributed by atoms with Crippen LogP contribution in [-0.2, 0) is 9.53 Å². The van der Waals surface area contributed by atoms with Crippen molar-refractivity contribution in [3.05, 3.63) is 23.8 Å². The fourth-order valence-electron chi connectivity index (χ4n) is 2.93. The molecule has 1 aromatic carbocycles. The lowest BCUT2D eigenvalue weighted by Crippen LogP contribution is -2.34. The van der Waals surface area contributed by atoms with Crippen LogP contribution < -0.4 is 10.2 Å². The molecule has 0 atom stereocenters. The molecule has 0 saturated carbocycles. The van der Waals surface area contributed by atoms with Crippen LogP contribution in [0.3, 0.4) is 0 Å². The summed E-state index contributed by atoms with van der Waals surface area (Å²) in [5.74, 6) is -0.340. The van der Waals surface area contributed by atoms with Gasteiger partial charge < -0.3 is 15.0 Å². The standard InChI is InChI=1S/C15H18N2O3/c1-20-9-10-4-6-17(7-5-10)11-2-3-12-13(8-11)16-15(19)14(12)18/h2-3,8,10H,4-7,9H2,1H3,(H,16,18,19). The highest BCUT2D eigenvalue weighted by molar-refractivity contribution is 6.51. The van der Waals surface area contributed by atoms with Gasteiger partial charge in [0.1, 0.15) is 0 Å². The number of nitrogens with zero attached hydrogens (tertiary/aromatic N) is 1. The Hall–Kier alpha value is -1.88. The topological polar surface area (TPSA) is 58.6 Å². The molecule has 0 aliphatic carbocycles. The van der Waals surface area contributed by atoms with Crippen molar-refractivity contribution in [1.82, 2.24) is 0 Å². The van der Waals surface area contributed by atoms with Crippen LogP contribution in [-0.4, -0.2) is 38.5 Å². The van der Waals surface area contributed by atoms with Gasteiger partial charge in [0, 0.05) is 32.5 Å². The van der Waals surface area contributed by atoms with E-state index in [-0.39, 0.29) is 0 Å². The number of ketones is 1. The molecule has 1 amide bonds. The van der Waals surface area contributed by atoms with E-state index in [1.54, 1.807) is 13.2 Å². The minimum absolute atomic E-state index is 0.439. The molecular weight excluding hydrogens is 256 g/mol. The largest absolute Gasteiger partial charge is 0.384 e. The lowest BCUT2D eigenvalue weighted by Gasteiger charge is -2.33. The van der Waals surface area contributed by atoms with Crippen molar-refractivity contribution in [2.45, 2.75) is 12.8 Å². The number of Topliss-reactive ketones (excluding diaryl/α,β-unsaturated/α-hetero) is 1. The number of hydrogen-bond acceptors (Lipinski definition) is 4. The number of carbonyl (C=O) groups excluding carboxylic acids is 2. The van der Waals surface area contributed by atoms with Gasteiger partial charge in [0.25, 0.3) is 11.7 Å². The van der Waals surface area contributed by atoms with Gasteiger partial charge >= 0.3 is 0 Å². The van der Waals surface area contributed by atoms with Gasteiger partial charge in [-0.05, 0) is 37.0 Å². The highest BCUT2D eigenvalue weighted by Crippen LogP contribution is 2.30. The zero-order valence-corrected chi connectivity index (χ0v) is 11.5. The van der Waals surface area contributed by atoms with Gasteiger partial charge in [0.2, 0.25) is 0 Å². The number of methoxy groups -OCH3 is 1. The van der Waals surface area contributed by atoms with Crippen molar-refractivity contribution in [3.8, 4) is 0 Å². The van der Waals surface area contributed by atoms with E-state index in [9.17, 15) is 9.59 Å². The Morgan fingerprint density at radius 1 is 1.30 bits per heavy atom. The normalized spacial score (nSPS) is 19.1. The molecule has 0 aromatic heterocycles. The fraction of sp³-hybridized carbons (Fsp3) is 0.467. The van der Waals surface area contributed by atoms with Crippen LogP contribution in [0.15, 0.2) is 18.2 Å². The molecule has 20 heavy (non-hydrogen) atoms. The van der Waals surface area contributed by atoms with Crippen LogP contribution in [0.5, 0.6) is 0 Å². The summed E-state index contributed by atoms with van der Waals surface area (Å²) in [6.07, 6.45) is 2.21. The third-order valence-corrected chi connectivity index (χ3v) is 4.08. The summed E-state index contributed by atoms with van der Waals surface area (Å²) >= 11 is 0. The van der Waals surface area contributed by atoms with E-state index in [0.29, 0.717) is 17.2 Å². The van der Waals surface area contributed by atoms with E-state index < -0.39 is 11.7 Å². The molecule has 1 N–H and O–H groups in total. The average molecular weight is 274 g/mol. The summed E-state index contributed by atoms with van der Waals surface area (Å²) in [6.45, 7) is 2.78. The molecule has 1 aromatic rings. The van der Waals surface area contributed by atoms with Crippen LogP contribution in [0, 0.1) is 5.92 Å². The Kier molecular flexibility index (Phi) is 3.44. The summed E-state index contributed by atoms with van der Waals surface area (Å²) in [5, 5.41) is 2.62. The number of anilines is 2. The van der Waals surface area contributed by atoms with Gasteiger partial charge in [-0.2, -0.15) is 0 Å². The van der Waals surface area contributed by atoms with Crippen LogP contribution in [0.2, 0.25) is 0 Å². The first kappa shape index (κ1) is 13.1. The Morgan fingerprint density at radius 2 is 2.05 bits per heavy atom. The SMILES string of the molecule is COCC1CCN(c2ccc3c(c2)NC(=O)C3=O)CC1. The number of benzene rings is 1. The third kappa shape index (κ3) is 2.29. The monoisotopic (exact) mass is 274 g/mol. The minimum Gasteiger partial charge on any atom is -0.384 e. The second kappa shape index (κ2) is 5.25. The Labute approximate surface area is 117 Å². The Bertz CT molecular complexity index is 548. The quantitative estimate of drug-likeness (QED) is 0.852. The summed E-state index contributed by atoms with van der Waals surface area (Å²) in [4.78, 5) is 25.2. The van der Waals surface area contributed by atoms with Crippen molar-refractivity contribution in [2.24, 2.45) is 5.92 Å². The molecule has 5 heteroatoms. The predicted molar refractivity (Wildman–Crippen MR) is 76.2 cm³/mol. The van der Waals surface area contributed by atoms with Crippen molar-refractivity contribution in [2.75, 3.05) is 37.0 Å². The second-order valence-electron chi connectivity index (χ2n) is 5.40. The molecule has 0 radical (unpaired) electrons. The number of ether oxygens (including phenoxy) is 1. The summed E-state index contributed by atoms with van der Waals surface area (Å²) < 4.78 is 5.20. The molecule has 1 fully saturated rings. The minimum atomic E-state index is -0.532. The van der Waals surface area contributed by atoms with E-state index >= 15 is 0 Å². The molecule has 2 aliphatic heterocycles. The van der Waals surface area contributed by atoms with Crippen LogP contribution >= 0.6 is 0 Å². The van der Waals surface area contributed by atoms with Gasteiger partial charge in [-0.1, -0.05) is 0 Å². The highest BCUT2D eigenvalue weighted by Gasteiger charge is 2.28. The predicted octanol–water partition coefficient (Wildman–Crippen LogP) is 1.68. The first-order valence-electron chi connectivity index (χ1n) is 6.92. The Balaban J connectivity index is 1.72. The summed E-state index contributed by atoms with van der Waals surface area (Å²) in [5.41, 5.74) is 2.18. The number of carbonyl (C=O) groups is 2. The number of hydrogen-bond donors (Lipinski definition) is 1. The van der Waals surface area contributed by atoms with Crippen molar-refractivity contribution >= 4 is 23.1 Å². The maximum absolute atomic E-state index is 11.6. The summed E-state index contributed by atoms with van der Waals surface area (Å²) in [6, 6.07) is 5.56. The van der Waals surface area contributed by atoms with Crippen molar-refractivity contribution in [1.29, 1.82) is 0 Å². The molecule has 2 heterocycles. The molecule has 3 rings (SSSR count). The van der Waals surface area contributed by atoms with Crippen LogP contribution in [0.1, 0.15) is 23.2 Å². The van der Waals surface area contributed by atoms with Gasteiger partial charge in [-0.15, -0.1) is 0 Å². The number of rotatable bonds is 3. The number of nitrogens with one attached hydrogen (secondary N) is 1. The summed E-state index contributed by atoms with van der Waals surface area (Å²) in [7, 11) is 1.74. The zero-order chi connectivity index (χ0) is 14.1. The lowest BCUT2D eigenvalue weighted by molar-refractivity contribution is -0.112. The van der Waals surface area contributed by atoms with Gasteiger partial charge in [-0.25, -0.2) is 0 Å². The van der Waals surface area contributed by atoms with Crippen LogP contribution in [0.4, 0.5) is 11.4 Å². The van der Waals surface area contributed by atoms with Crippen LogP contribution in [0.25, 0.3) is 0 Å². The maximum Gasteiger partial charge on any atom is 0.296 e. The van der Waals surface area contributed by atoms with Gasteiger partial charge in [-0.3, -0.25) is 9.59 Å². The number of amides is 1. The van der Waals surface area contributed by atoms with E-state index in [1.807, 2.05) is 12.1 Å². The molecule has 106 valence electrons. The van der Waals surface area contributed by atoms with E-state index in [2.05, 4.69) is 10.2 Å². The average Bonchev–Trinajstić information content (AvgIpc) is 2.75. The third-order valence-electron chi connectivity index (χ3n) is 4.08. The first-order valence-corrected chi connectivity index (χ1v) is 6.92. The zero-order valence-electron chi connectivity index (χ0n) is 11.5. The van der Waals surface area contributed by atoms with E-state index in [0.717, 1.165) is 38.2 Å². The first-order chi connectivity index (χ1) is 9.69. The molecular formula is C15H18N2O3. The lowest BCUT2D eigenvalue weighted by atomic mass is 9.97. The maximum atomic E-state index is 11.6. The van der Waals surface area contributed by atoms with Crippen molar-refractivity contribution < 1.29 is 14.3 Å². The number of fused-ring (bicyclic) bond motifs is 1. The fourth-order valence-corrected chi connectivity index (χ4v) is 2.93. The molecule has 2 aliphatic rings. The highest BCUT2D eigenvalue weighted by atomic mass is 16.5. The van der Waals surface area contributed by atoms with Gasteiger partial charge in [0.15, 0.2) is 0 Å². The van der Waals surface area contributed by atoms with Crippen molar-refractivity contribution in [3.63, 3.8) is 0 Å². The molecule has 0 spiro atoms. The van der Waals surface area contributed by atoms with E-state index in [4.69, 9.17) is 4.74 Å². The van der Waals surface area contributed by atoms with Gasteiger partial charge in [0.05, 0.1) is 11.3 Å².